The van der Waals surface area contributed by atoms with Gasteiger partial charge in [-0.2, -0.15) is 0 Å². The molecule has 4 nitrogen and oxygen atoms in total. The molecule has 0 aliphatic carbocycles. The van der Waals surface area contributed by atoms with Crippen LogP contribution in [0.1, 0.15) is 30.4 Å². The minimum atomic E-state index is -0.446. The Morgan fingerprint density at radius 2 is 2.14 bits per heavy atom. The minimum absolute atomic E-state index is 0.133. The van der Waals surface area contributed by atoms with Gasteiger partial charge in [-0.15, -0.1) is 0 Å². The number of carbonyl (C=O) groups excluding carboxylic acids is 2. The number of hydrogen-bond acceptors (Lipinski definition) is 3. The minimum Gasteiger partial charge on any atom is -0.467 e. The van der Waals surface area contributed by atoms with E-state index < -0.39 is 6.04 Å². The van der Waals surface area contributed by atoms with Crippen molar-refractivity contribution in [3.8, 4) is 0 Å². The van der Waals surface area contributed by atoms with Crippen molar-refractivity contribution in [3.05, 3.63) is 41.5 Å². The van der Waals surface area contributed by atoms with Gasteiger partial charge in [0.1, 0.15) is 6.04 Å². The average Bonchev–Trinajstić information content (AvgIpc) is 2.52. The smallest absolute Gasteiger partial charge is 0.328 e. The Morgan fingerprint density at radius 3 is 2.86 bits per heavy atom. The van der Waals surface area contributed by atoms with Crippen LogP contribution in [0.4, 0.5) is 0 Å². The fourth-order valence-corrected chi connectivity index (χ4v) is 2.61. The van der Waals surface area contributed by atoms with Crippen LogP contribution in [0.15, 0.2) is 30.3 Å². The molecule has 0 saturated carbocycles. The van der Waals surface area contributed by atoms with E-state index in [1.54, 1.807) is 11.0 Å². The Kier molecular flexibility index (Phi) is 5.14. The van der Waals surface area contributed by atoms with Crippen LogP contribution >= 0.6 is 0 Å². The number of ether oxygens (including phenoxy) is 1. The van der Waals surface area contributed by atoms with Crippen molar-refractivity contribution in [2.45, 2.75) is 32.2 Å². The molecule has 0 bridgehead atoms. The van der Waals surface area contributed by atoms with Crippen LogP contribution in [0.3, 0.4) is 0 Å². The van der Waals surface area contributed by atoms with E-state index in [9.17, 15) is 9.59 Å². The summed E-state index contributed by atoms with van der Waals surface area (Å²) in [6.45, 7) is 2.62. The lowest BCUT2D eigenvalue weighted by Gasteiger charge is -2.32. The van der Waals surface area contributed by atoms with Gasteiger partial charge in [0.15, 0.2) is 0 Å². The molecule has 1 atom stereocenters. The topological polar surface area (TPSA) is 46.6 Å². The number of amides is 1. The molecule has 21 heavy (non-hydrogen) atoms. The second-order valence-electron chi connectivity index (χ2n) is 5.31. The number of hydrogen-bond donors (Lipinski definition) is 0. The Labute approximate surface area is 125 Å². The first kappa shape index (κ1) is 15.3. The number of rotatable bonds is 3. The number of methoxy groups -OCH3 is 1. The average molecular weight is 287 g/mol. The zero-order valence-corrected chi connectivity index (χ0v) is 12.5. The molecule has 1 aromatic rings. The van der Waals surface area contributed by atoms with Crippen molar-refractivity contribution >= 4 is 18.0 Å². The Hall–Kier alpha value is -2.10. The molecule has 1 fully saturated rings. The van der Waals surface area contributed by atoms with Crippen LogP contribution in [0.25, 0.3) is 6.08 Å². The second kappa shape index (κ2) is 7.07. The molecule has 1 unspecified atom stereocenters. The quantitative estimate of drug-likeness (QED) is 0.634. The van der Waals surface area contributed by atoms with E-state index in [1.807, 2.05) is 31.2 Å². The number of carbonyl (C=O) groups is 2. The standard InChI is InChI=1S/C17H21NO3/c1-13-6-5-7-14(12-13)9-10-16(19)18-11-4-3-8-15(18)17(20)21-2/h5-7,9-10,12,15H,3-4,8,11H2,1-2H3/b10-9+. The van der Waals surface area contributed by atoms with E-state index in [-0.39, 0.29) is 11.9 Å². The van der Waals surface area contributed by atoms with Crippen molar-refractivity contribution in [1.29, 1.82) is 0 Å². The maximum absolute atomic E-state index is 12.3. The summed E-state index contributed by atoms with van der Waals surface area (Å²) in [6.07, 6.45) is 5.88. The van der Waals surface area contributed by atoms with Gasteiger partial charge >= 0.3 is 5.97 Å². The second-order valence-corrected chi connectivity index (χ2v) is 5.31. The fraction of sp³-hybridized carbons (Fsp3) is 0.412. The Balaban J connectivity index is 2.08. The number of nitrogens with zero attached hydrogens (tertiary/aromatic N) is 1. The van der Waals surface area contributed by atoms with Gasteiger partial charge in [-0.25, -0.2) is 4.79 Å². The van der Waals surface area contributed by atoms with E-state index in [2.05, 4.69) is 0 Å². The summed E-state index contributed by atoms with van der Waals surface area (Å²) >= 11 is 0. The van der Waals surface area contributed by atoms with E-state index in [0.29, 0.717) is 13.0 Å². The maximum Gasteiger partial charge on any atom is 0.328 e. The Bertz CT molecular complexity index is 551. The first-order chi connectivity index (χ1) is 10.1. The monoisotopic (exact) mass is 287 g/mol. The predicted molar refractivity (Wildman–Crippen MR) is 81.6 cm³/mol. The van der Waals surface area contributed by atoms with Crippen molar-refractivity contribution in [2.24, 2.45) is 0 Å². The summed E-state index contributed by atoms with van der Waals surface area (Å²) in [5.41, 5.74) is 2.13. The first-order valence-corrected chi connectivity index (χ1v) is 7.25. The maximum atomic E-state index is 12.3. The molecule has 112 valence electrons. The lowest BCUT2D eigenvalue weighted by molar-refractivity contribution is -0.153. The Morgan fingerprint density at radius 1 is 1.33 bits per heavy atom. The van der Waals surface area contributed by atoms with Crippen molar-refractivity contribution in [1.82, 2.24) is 4.90 Å². The largest absolute Gasteiger partial charge is 0.467 e. The highest BCUT2D eigenvalue weighted by atomic mass is 16.5. The van der Waals surface area contributed by atoms with Gasteiger partial charge in [0, 0.05) is 12.6 Å². The summed E-state index contributed by atoms with van der Waals surface area (Å²) in [7, 11) is 1.36. The third-order valence-electron chi connectivity index (χ3n) is 3.72. The fourth-order valence-electron chi connectivity index (χ4n) is 2.61. The third kappa shape index (κ3) is 3.94. The number of esters is 1. The third-order valence-corrected chi connectivity index (χ3v) is 3.72. The van der Waals surface area contributed by atoms with Gasteiger partial charge in [0.2, 0.25) is 5.91 Å². The van der Waals surface area contributed by atoms with Crippen LogP contribution in [0, 0.1) is 6.92 Å². The molecule has 1 aliphatic heterocycles. The molecular formula is C17H21NO3. The molecule has 0 aromatic heterocycles. The van der Waals surface area contributed by atoms with E-state index >= 15 is 0 Å². The molecule has 0 N–H and O–H groups in total. The lowest BCUT2D eigenvalue weighted by Crippen LogP contribution is -2.47. The molecule has 1 amide bonds. The molecule has 1 saturated heterocycles. The zero-order chi connectivity index (χ0) is 15.2. The highest BCUT2D eigenvalue weighted by molar-refractivity contribution is 5.94. The van der Waals surface area contributed by atoms with Crippen molar-refractivity contribution in [2.75, 3.05) is 13.7 Å². The van der Waals surface area contributed by atoms with Gasteiger partial charge in [-0.3, -0.25) is 4.79 Å². The number of benzene rings is 1. The SMILES string of the molecule is COC(=O)C1CCCCN1C(=O)/C=C/c1cccc(C)c1. The van der Waals surface area contributed by atoms with Crippen LogP contribution in [0.2, 0.25) is 0 Å². The van der Waals surface area contributed by atoms with Gasteiger partial charge in [-0.05, 0) is 37.8 Å². The van der Waals surface area contributed by atoms with Crippen LogP contribution in [-0.2, 0) is 14.3 Å². The van der Waals surface area contributed by atoms with Crippen molar-refractivity contribution < 1.29 is 14.3 Å². The van der Waals surface area contributed by atoms with Gasteiger partial charge < -0.3 is 9.64 Å². The molecular weight excluding hydrogens is 266 g/mol. The highest BCUT2D eigenvalue weighted by Gasteiger charge is 2.31. The summed E-state index contributed by atoms with van der Waals surface area (Å²) in [5.74, 6) is -0.460. The summed E-state index contributed by atoms with van der Waals surface area (Å²) < 4.78 is 4.79. The van der Waals surface area contributed by atoms with E-state index in [4.69, 9.17) is 4.74 Å². The van der Waals surface area contributed by atoms with Gasteiger partial charge in [0.05, 0.1) is 7.11 Å². The number of piperidine rings is 1. The molecule has 1 aromatic carbocycles. The summed E-state index contributed by atoms with van der Waals surface area (Å²) in [6, 6.07) is 7.48. The highest BCUT2D eigenvalue weighted by Crippen LogP contribution is 2.19. The molecule has 0 spiro atoms. The van der Waals surface area contributed by atoms with Gasteiger partial charge in [0.25, 0.3) is 0 Å². The number of aryl methyl sites for hydroxylation is 1. The molecule has 1 aliphatic rings. The van der Waals surface area contributed by atoms with Crippen LogP contribution < -0.4 is 0 Å². The summed E-state index contributed by atoms with van der Waals surface area (Å²) in [5, 5.41) is 0. The summed E-state index contributed by atoms with van der Waals surface area (Å²) in [4.78, 5) is 25.7. The number of likely N-dealkylation sites (tertiary alicyclic amines) is 1. The van der Waals surface area contributed by atoms with Crippen molar-refractivity contribution in [3.63, 3.8) is 0 Å². The molecule has 1 heterocycles. The lowest BCUT2D eigenvalue weighted by atomic mass is 10.0. The first-order valence-electron chi connectivity index (χ1n) is 7.25. The van der Waals surface area contributed by atoms with E-state index in [0.717, 1.165) is 24.0 Å². The van der Waals surface area contributed by atoms with Crippen LogP contribution in [-0.4, -0.2) is 36.5 Å². The van der Waals surface area contributed by atoms with E-state index in [1.165, 1.54) is 13.2 Å². The van der Waals surface area contributed by atoms with Crippen LogP contribution in [0.5, 0.6) is 0 Å². The molecule has 4 heteroatoms. The zero-order valence-electron chi connectivity index (χ0n) is 12.5. The predicted octanol–water partition coefficient (Wildman–Crippen LogP) is 2.56. The van der Waals surface area contributed by atoms with Gasteiger partial charge in [-0.1, -0.05) is 29.8 Å². The molecule has 2 rings (SSSR count). The molecule has 0 radical (unpaired) electrons. The normalized spacial score (nSPS) is 18.8.